The van der Waals surface area contributed by atoms with Crippen molar-refractivity contribution in [1.82, 2.24) is 4.98 Å². The minimum atomic E-state index is -3.79. The molecule has 2 aromatic carbocycles. The SMILES string of the molecule is CCN1C(=O)c2cccc3c(S(=O)(=O)Nc4nccs4)ccc1c23. The predicted molar refractivity (Wildman–Crippen MR) is 94.2 cm³/mol. The molecule has 24 heavy (non-hydrogen) atoms. The molecule has 1 aliphatic heterocycles. The van der Waals surface area contributed by atoms with Gasteiger partial charge in [-0.05, 0) is 25.1 Å². The number of rotatable bonds is 4. The van der Waals surface area contributed by atoms with Crippen LogP contribution in [0.4, 0.5) is 10.8 Å². The molecule has 1 aromatic heterocycles. The van der Waals surface area contributed by atoms with E-state index in [0.29, 0.717) is 28.0 Å². The van der Waals surface area contributed by atoms with Crippen LogP contribution in [-0.2, 0) is 10.0 Å². The van der Waals surface area contributed by atoms with Gasteiger partial charge in [0.15, 0.2) is 5.13 Å². The predicted octanol–water partition coefficient (Wildman–Crippen LogP) is 3.08. The molecule has 8 heteroatoms. The number of carbonyl (C=O) groups excluding carboxylic acids is 1. The standard InChI is InChI=1S/C16H13N3O3S2/c1-2-19-12-6-7-13(24(21,22)18-16-17-8-9-23-16)10-4-3-5-11(14(10)12)15(19)20/h3-9H,2H2,1H3,(H,17,18). The van der Waals surface area contributed by atoms with E-state index >= 15 is 0 Å². The van der Waals surface area contributed by atoms with Crippen LogP contribution in [0.3, 0.4) is 0 Å². The Hall–Kier alpha value is -2.45. The molecule has 2 heterocycles. The summed E-state index contributed by atoms with van der Waals surface area (Å²) in [6.07, 6.45) is 1.54. The molecule has 0 radical (unpaired) electrons. The van der Waals surface area contributed by atoms with Crippen LogP contribution in [0.15, 0.2) is 46.8 Å². The molecular formula is C16H13N3O3S2. The summed E-state index contributed by atoms with van der Waals surface area (Å²) >= 11 is 1.21. The van der Waals surface area contributed by atoms with Crippen LogP contribution in [0.1, 0.15) is 17.3 Å². The van der Waals surface area contributed by atoms with Gasteiger partial charge in [0.1, 0.15) is 0 Å². The van der Waals surface area contributed by atoms with Crippen LogP contribution in [0.2, 0.25) is 0 Å². The topological polar surface area (TPSA) is 79.4 Å². The van der Waals surface area contributed by atoms with Crippen LogP contribution in [0.25, 0.3) is 10.8 Å². The highest BCUT2D eigenvalue weighted by atomic mass is 32.2. The van der Waals surface area contributed by atoms with Crippen molar-refractivity contribution in [1.29, 1.82) is 0 Å². The van der Waals surface area contributed by atoms with Crippen LogP contribution < -0.4 is 9.62 Å². The van der Waals surface area contributed by atoms with Gasteiger partial charge in [0.05, 0.1) is 10.6 Å². The number of amides is 1. The number of carbonyl (C=O) groups is 1. The fourth-order valence-electron chi connectivity index (χ4n) is 3.01. The Morgan fingerprint density at radius 1 is 1.25 bits per heavy atom. The lowest BCUT2D eigenvalue weighted by molar-refractivity contribution is 0.0994. The summed E-state index contributed by atoms with van der Waals surface area (Å²) in [5.41, 5.74) is 1.29. The molecule has 0 spiro atoms. The maximum absolute atomic E-state index is 12.7. The molecule has 0 saturated carbocycles. The zero-order chi connectivity index (χ0) is 16.9. The molecule has 1 N–H and O–H groups in total. The highest BCUT2D eigenvalue weighted by Gasteiger charge is 2.31. The van der Waals surface area contributed by atoms with E-state index in [4.69, 9.17) is 0 Å². The van der Waals surface area contributed by atoms with Gasteiger partial charge >= 0.3 is 0 Å². The minimum absolute atomic E-state index is 0.0967. The summed E-state index contributed by atoms with van der Waals surface area (Å²) < 4.78 is 28.0. The van der Waals surface area contributed by atoms with Crippen LogP contribution in [-0.4, -0.2) is 25.9 Å². The van der Waals surface area contributed by atoms with Crippen molar-refractivity contribution >= 4 is 48.9 Å². The zero-order valence-electron chi connectivity index (χ0n) is 12.7. The number of benzene rings is 2. The Balaban J connectivity index is 1.94. The first-order valence-corrected chi connectivity index (χ1v) is 9.69. The van der Waals surface area contributed by atoms with Crippen LogP contribution in [0.5, 0.6) is 0 Å². The number of thiazole rings is 1. The second kappa shape index (κ2) is 5.29. The summed E-state index contributed by atoms with van der Waals surface area (Å²) in [7, 11) is -3.79. The summed E-state index contributed by atoms with van der Waals surface area (Å²) in [5, 5.41) is 3.23. The van der Waals surface area contributed by atoms with E-state index in [0.717, 1.165) is 5.69 Å². The van der Waals surface area contributed by atoms with Gasteiger partial charge in [-0.25, -0.2) is 13.4 Å². The largest absolute Gasteiger partial charge is 0.308 e. The Bertz CT molecular complexity index is 1060. The van der Waals surface area contributed by atoms with Crippen molar-refractivity contribution in [2.45, 2.75) is 11.8 Å². The number of aromatic nitrogens is 1. The first-order chi connectivity index (χ1) is 11.5. The maximum atomic E-state index is 12.7. The van der Waals surface area contributed by atoms with E-state index in [1.165, 1.54) is 17.5 Å². The molecule has 1 amide bonds. The van der Waals surface area contributed by atoms with Crippen molar-refractivity contribution < 1.29 is 13.2 Å². The second-order valence-electron chi connectivity index (χ2n) is 5.30. The van der Waals surface area contributed by atoms with Gasteiger partial charge in [-0.1, -0.05) is 12.1 Å². The van der Waals surface area contributed by atoms with Crippen LogP contribution in [0, 0.1) is 0 Å². The Labute approximate surface area is 142 Å². The Kier molecular flexibility index (Phi) is 3.33. The average Bonchev–Trinajstić information content (AvgIpc) is 3.15. The average molecular weight is 359 g/mol. The van der Waals surface area contributed by atoms with Gasteiger partial charge in [-0.2, -0.15) is 0 Å². The summed E-state index contributed by atoms with van der Waals surface area (Å²) in [6.45, 7) is 2.43. The Morgan fingerprint density at radius 3 is 2.79 bits per heavy atom. The number of anilines is 2. The van der Waals surface area contributed by atoms with E-state index in [1.54, 1.807) is 40.6 Å². The third-order valence-corrected chi connectivity index (χ3v) is 6.22. The Morgan fingerprint density at radius 2 is 2.08 bits per heavy atom. The van der Waals surface area contributed by atoms with Gasteiger partial charge in [0, 0.05) is 34.5 Å². The summed E-state index contributed by atoms with van der Waals surface area (Å²) in [4.78, 5) is 18.2. The number of hydrogen-bond donors (Lipinski definition) is 1. The lowest BCUT2D eigenvalue weighted by atomic mass is 10.1. The van der Waals surface area contributed by atoms with Crippen LogP contribution >= 0.6 is 11.3 Å². The minimum Gasteiger partial charge on any atom is -0.308 e. The van der Waals surface area contributed by atoms with Gasteiger partial charge in [0.25, 0.3) is 15.9 Å². The fraction of sp³-hybridized carbons (Fsp3) is 0.125. The molecule has 0 unspecified atom stereocenters. The zero-order valence-corrected chi connectivity index (χ0v) is 14.3. The molecule has 1 aliphatic rings. The van der Waals surface area contributed by atoms with Crippen molar-refractivity contribution in [3.8, 4) is 0 Å². The first kappa shape index (κ1) is 15.1. The third kappa shape index (κ3) is 2.10. The maximum Gasteiger partial charge on any atom is 0.264 e. The molecule has 0 aliphatic carbocycles. The molecular weight excluding hydrogens is 346 g/mol. The van der Waals surface area contributed by atoms with Gasteiger partial charge in [-0.3, -0.25) is 9.52 Å². The lowest BCUT2D eigenvalue weighted by Gasteiger charge is -2.15. The van der Waals surface area contributed by atoms with Crippen molar-refractivity contribution in [3.63, 3.8) is 0 Å². The monoisotopic (exact) mass is 359 g/mol. The van der Waals surface area contributed by atoms with E-state index < -0.39 is 10.0 Å². The molecule has 0 saturated heterocycles. The molecule has 0 fully saturated rings. The lowest BCUT2D eigenvalue weighted by Crippen LogP contribution is -2.25. The smallest absolute Gasteiger partial charge is 0.264 e. The summed E-state index contributed by atoms with van der Waals surface area (Å²) in [6, 6.07) is 8.40. The molecule has 6 nitrogen and oxygen atoms in total. The highest BCUT2D eigenvalue weighted by Crippen LogP contribution is 2.40. The van der Waals surface area contributed by atoms with Crippen molar-refractivity contribution in [3.05, 3.63) is 47.5 Å². The van der Waals surface area contributed by atoms with Gasteiger partial charge in [-0.15, -0.1) is 11.3 Å². The normalized spacial score (nSPS) is 13.7. The van der Waals surface area contributed by atoms with E-state index in [-0.39, 0.29) is 10.8 Å². The number of hydrogen-bond acceptors (Lipinski definition) is 5. The number of sulfonamides is 1. The number of nitrogens with zero attached hydrogens (tertiary/aromatic N) is 2. The first-order valence-electron chi connectivity index (χ1n) is 7.33. The second-order valence-corrected chi connectivity index (χ2v) is 7.85. The molecule has 0 bridgehead atoms. The van der Waals surface area contributed by atoms with Crippen molar-refractivity contribution in [2.75, 3.05) is 16.2 Å². The summed E-state index contributed by atoms with van der Waals surface area (Å²) in [5.74, 6) is -0.0967. The quantitative estimate of drug-likeness (QED) is 0.776. The van der Waals surface area contributed by atoms with E-state index in [2.05, 4.69) is 9.71 Å². The van der Waals surface area contributed by atoms with Crippen molar-refractivity contribution in [2.24, 2.45) is 0 Å². The molecule has 0 atom stereocenters. The third-order valence-electron chi connectivity index (χ3n) is 4.00. The highest BCUT2D eigenvalue weighted by molar-refractivity contribution is 7.93. The molecule has 122 valence electrons. The number of nitrogens with one attached hydrogen (secondary N) is 1. The van der Waals surface area contributed by atoms with E-state index in [1.807, 2.05) is 6.92 Å². The fourth-order valence-corrected chi connectivity index (χ4v) is 5.00. The van der Waals surface area contributed by atoms with Gasteiger partial charge < -0.3 is 4.90 Å². The van der Waals surface area contributed by atoms with E-state index in [9.17, 15) is 13.2 Å². The molecule has 4 rings (SSSR count). The molecule has 3 aromatic rings. The van der Waals surface area contributed by atoms with Gasteiger partial charge in [0.2, 0.25) is 0 Å².